The molecule has 0 saturated carbocycles. The van der Waals surface area contributed by atoms with Crippen LogP contribution in [0.1, 0.15) is 60.7 Å². The molecule has 0 spiro atoms. The quantitative estimate of drug-likeness (QED) is 0.107. The van der Waals surface area contributed by atoms with Crippen molar-refractivity contribution in [3.8, 4) is 10.4 Å². The van der Waals surface area contributed by atoms with Crippen molar-refractivity contribution in [3.05, 3.63) is 138 Å². The molecule has 0 unspecified atom stereocenters. The second-order valence-electron chi connectivity index (χ2n) is 9.49. The molecule has 0 aliphatic carbocycles. The summed E-state index contributed by atoms with van der Waals surface area (Å²) in [6.07, 6.45) is 12.4. The molecular formula is C38H48N4O2S. The summed E-state index contributed by atoms with van der Waals surface area (Å²) in [5.41, 5.74) is 6.99. The van der Waals surface area contributed by atoms with E-state index >= 15 is 0 Å². The third-order valence-electron chi connectivity index (χ3n) is 5.71. The fraction of sp³-hybridized carbons (Fsp3) is 0.211. The third kappa shape index (κ3) is 14.0. The van der Waals surface area contributed by atoms with Gasteiger partial charge in [0.25, 0.3) is 5.91 Å². The Morgan fingerprint density at radius 3 is 2.20 bits per heavy atom. The Morgan fingerprint density at radius 2 is 1.62 bits per heavy atom. The van der Waals surface area contributed by atoms with Crippen LogP contribution in [0, 0.1) is 20.8 Å². The molecule has 0 bridgehead atoms. The van der Waals surface area contributed by atoms with Crippen molar-refractivity contribution in [1.82, 2.24) is 4.98 Å². The van der Waals surface area contributed by atoms with Gasteiger partial charge in [-0.1, -0.05) is 93.6 Å². The summed E-state index contributed by atoms with van der Waals surface area (Å²) in [6.45, 7) is 29.8. The number of aryl methyl sites for hydroxylation is 3. The average molecular weight is 625 g/mol. The topological polar surface area (TPSA) is 83.4 Å². The molecule has 6 nitrogen and oxygen atoms in total. The van der Waals surface area contributed by atoms with E-state index in [2.05, 4.69) is 60.8 Å². The predicted octanol–water partition coefficient (Wildman–Crippen LogP) is 10.6. The maximum Gasteiger partial charge on any atom is 0.275 e. The number of thiazole rings is 1. The molecule has 0 aliphatic rings. The zero-order valence-electron chi connectivity index (χ0n) is 27.9. The lowest BCUT2D eigenvalue weighted by Crippen LogP contribution is -2.14. The van der Waals surface area contributed by atoms with Crippen LogP contribution in [-0.4, -0.2) is 23.5 Å². The van der Waals surface area contributed by atoms with Gasteiger partial charge in [-0.05, 0) is 75.1 Å². The van der Waals surface area contributed by atoms with Crippen LogP contribution in [0.5, 0.6) is 0 Å². The highest BCUT2D eigenvalue weighted by molar-refractivity contribution is 7.15. The van der Waals surface area contributed by atoms with Crippen LogP contribution in [0.3, 0.4) is 0 Å². The Hall–Kier alpha value is -4.88. The van der Waals surface area contributed by atoms with Gasteiger partial charge in [0.2, 0.25) is 0 Å². The second-order valence-corrected chi connectivity index (χ2v) is 10.7. The van der Waals surface area contributed by atoms with Crippen molar-refractivity contribution in [2.75, 3.05) is 10.6 Å². The number of hydrogen-bond donors (Lipinski definition) is 2. The van der Waals surface area contributed by atoms with Crippen molar-refractivity contribution in [2.45, 2.75) is 54.9 Å². The van der Waals surface area contributed by atoms with Gasteiger partial charge in [-0.15, -0.1) is 24.5 Å². The summed E-state index contributed by atoms with van der Waals surface area (Å²) in [5.74, 6) is 0.470. The van der Waals surface area contributed by atoms with Crippen molar-refractivity contribution in [1.29, 1.82) is 0 Å². The number of anilines is 2. The molecule has 3 aromatic rings. The maximum absolute atomic E-state index is 13.2. The summed E-state index contributed by atoms with van der Waals surface area (Å²) in [4.78, 5) is 31.1. The fourth-order valence-electron chi connectivity index (χ4n) is 3.63. The van der Waals surface area contributed by atoms with Crippen LogP contribution < -0.4 is 10.6 Å². The number of nitrogens with zero attached hydrogens (tertiary/aromatic N) is 2. The number of rotatable bonds is 9. The summed E-state index contributed by atoms with van der Waals surface area (Å²) < 4.78 is 0. The summed E-state index contributed by atoms with van der Waals surface area (Å²) in [7, 11) is 0. The Balaban J connectivity index is 0.00000256. The second kappa shape index (κ2) is 22.6. The third-order valence-corrected chi connectivity index (χ3v) is 6.73. The van der Waals surface area contributed by atoms with Gasteiger partial charge in [-0.2, -0.15) is 0 Å². The lowest BCUT2D eigenvalue weighted by atomic mass is 10.1. The van der Waals surface area contributed by atoms with Crippen molar-refractivity contribution < 1.29 is 9.59 Å². The van der Waals surface area contributed by atoms with Gasteiger partial charge in [-0.25, -0.2) is 9.98 Å². The molecule has 0 atom stereocenters. The van der Waals surface area contributed by atoms with Crippen LogP contribution in [0.2, 0.25) is 0 Å². The molecule has 45 heavy (non-hydrogen) atoms. The Bertz CT molecular complexity index is 1510. The predicted molar refractivity (Wildman–Crippen MR) is 199 cm³/mol. The highest BCUT2D eigenvalue weighted by Crippen LogP contribution is 2.31. The van der Waals surface area contributed by atoms with Gasteiger partial charge in [0.15, 0.2) is 0 Å². The van der Waals surface area contributed by atoms with Gasteiger partial charge in [0.1, 0.15) is 18.3 Å². The molecule has 0 aliphatic heterocycles. The normalized spacial score (nSPS) is 10.9. The molecule has 0 saturated heterocycles. The molecule has 7 heteroatoms. The number of allylic oxidation sites excluding steroid dienone is 7. The smallest absolute Gasteiger partial charge is 0.275 e. The first-order valence-corrected chi connectivity index (χ1v) is 15.3. The molecule has 238 valence electrons. The fourth-order valence-corrected chi connectivity index (χ4v) is 4.55. The maximum atomic E-state index is 13.2. The van der Waals surface area contributed by atoms with Gasteiger partial charge < -0.3 is 15.4 Å². The van der Waals surface area contributed by atoms with E-state index < -0.39 is 0 Å². The van der Waals surface area contributed by atoms with Gasteiger partial charge in [-0.3, -0.25) is 4.79 Å². The zero-order chi connectivity index (χ0) is 34.4. The van der Waals surface area contributed by atoms with Crippen LogP contribution in [-0.2, 0) is 4.79 Å². The van der Waals surface area contributed by atoms with E-state index in [0.29, 0.717) is 17.2 Å². The van der Waals surface area contributed by atoms with E-state index in [9.17, 15) is 4.79 Å². The van der Waals surface area contributed by atoms with Crippen molar-refractivity contribution in [3.63, 3.8) is 0 Å². The van der Waals surface area contributed by atoms with Crippen LogP contribution in [0.15, 0.2) is 121 Å². The lowest BCUT2D eigenvalue weighted by Gasteiger charge is -2.12. The molecule has 1 heterocycles. The minimum absolute atomic E-state index is 0.239. The number of amides is 1. The SMILES string of the molecule is C=C.C=C/C=C\C(=C/C)C(=C)/C=C\N=C(C)Nc1cc(NC(=O)c2nc(C)sc2-c2ccc(C)cc2)ccc1C.C=O.CCC. The van der Waals surface area contributed by atoms with Gasteiger partial charge in [0.05, 0.1) is 9.88 Å². The number of aromatic nitrogens is 1. The molecule has 2 N–H and O–H groups in total. The number of carbonyl (C=O) groups is 2. The van der Waals surface area contributed by atoms with Gasteiger partial charge in [0, 0.05) is 17.6 Å². The Labute approximate surface area is 274 Å². The highest BCUT2D eigenvalue weighted by Gasteiger charge is 2.19. The van der Waals surface area contributed by atoms with Gasteiger partial charge >= 0.3 is 0 Å². The number of nitrogens with one attached hydrogen (secondary N) is 2. The van der Waals surface area contributed by atoms with Crippen molar-refractivity contribution in [2.24, 2.45) is 4.99 Å². The van der Waals surface area contributed by atoms with Crippen molar-refractivity contribution >= 4 is 41.2 Å². The summed E-state index contributed by atoms with van der Waals surface area (Å²) in [6, 6.07) is 13.9. The first kappa shape index (κ1) is 40.1. The minimum atomic E-state index is -0.239. The van der Waals surface area contributed by atoms with Crippen LogP contribution in [0.25, 0.3) is 10.4 Å². The molecular weight excluding hydrogens is 577 g/mol. The summed E-state index contributed by atoms with van der Waals surface area (Å²) in [5, 5.41) is 7.18. The first-order chi connectivity index (χ1) is 21.6. The van der Waals surface area contributed by atoms with E-state index in [1.54, 1.807) is 12.3 Å². The largest absolute Gasteiger partial charge is 0.344 e. The van der Waals surface area contributed by atoms with E-state index in [1.807, 2.05) is 108 Å². The molecule has 0 fully saturated rings. The number of benzene rings is 2. The van der Waals surface area contributed by atoms with E-state index in [1.165, 1.54) is 23.3 Å². The monoisotopic (exact) mass is 624 g/mol. The average Bonchev–Trinajstić information content (AvgIpc) is 3.43. The standard InChI is InChI=1S/C32H34N4OS.C3H8.C2H4.CH2O/c1-8-10-11-26(9-2)22(4)18-19-33-24(6)34-29-20-28(17-14-23(29)5)36-32(37)30-31(38-25(7)35-30)27-15-12-21(3)13-16-27;1-3-2;2*1-2/h8-20H,1,4H2,2-3,5-7H3,(H,33,34)(H,36,37);3H2,1-2H3;1-2H2;1H2/b11-10-,19-18-,26-9+;;;. The minimum Gasteiger partial charge on any atom is -0.344 e. The molecule has 3 rings (SSSR count). The zero-order valence-corrected chi connectivity index (χ0v) is 28.7. The van der Waals surface area contributed by atoms with Crippen LogP contribution in [0.4, 0.5) is 11.4 Å². The van der Waals surface area contributed by atoms with E-state index in [4.69, 9.17) is 4.79 Å². The lowest BCUT2D eigenvalue weighted by molar-refractivity contribution is -0.0980. The first-order valence-electron chi connectivity index (χ1n) is 14.5. The number of carbonyl (C=O) groups excluding carboxylic acids is 2. The van der Waals surface area contributed by atoms with E-state index in [-0.39, 0.29) is 5.91 Å². The molecule has 0 radical (unpaired) electrons. The Morgan fingerprint density at radius 1 is 1.00 bits per heavy atom. The van der Waals surface area contributed by atoms with Crippen LogP contribution >= 0.6 is 11.3 Å². The van der Waals surface area contributed by atoms with E-state index in [0.717, 1.165) is 37.8 Å². The highest BCUT2D eigenvalue weighted by atomic mass is 32.1. The number of hydrogen-bond acceptors (Lipinski definition) is 5. The number of aliphatic imine (C=N–C) groups is 1. The molecule has 2 aromatic carbocycles. The molecule has 1 aromatic heterocycles. The number of amidine groups is 1. The summed E-state index contributed by atoms with van der Waals surface area (Å²) >= 11 is 1.52. The molecule has 1 amide bonds. The Kier molecular flexibility index (Phi) is 20.2.